The van der Waals surface area contributed by atoms with Crippen LogP contribution < -0.4 is 20.1 Å². The summed E-state index contributed by atoms with van der Waals surface area (Å²) in [6.07, 6.45) is 0. The van der Waals surface area contributed by atoms with Gasteiger partial charge in [0.05, 0.1) is 4.90 Å². The van der Waals surface area contributed by atoms with Crippen molar-refractivity contribution in [3.05, 3.63) is 59.7 Å². The number of nitrogens with zero attached hydrogens (tertiary/aromatic N) is 1. The summed E-state index contributed by atoms with van der Waals surface area (Å²) in [5, 5.41) is 6.06. The van der Waals surface area contributed by atoms with E-state index in [9.17, 15) is 17.2 Å². The molecule has 2 aromatic carbocycles. The fourth-order valence-corrected chi connectivity index (χ4v) is 3.19. The van der Waals surface area contributed by atoms with E-state index in [1.807, 2.05) is 0 Å². The lowest BCUT2D eigenvalue weighted by atomic mass is 10.2. The van der Waals surface area contributed by atoms with Gasteiger partial charge in [0, 0.05) is 25.7 Å². The molecule has 0 heterocycles. The summed E-state index contributed by atoms with van der Waals surface area (Å²) in [5.41, 5.74) is 1.29. The predicted octanol–water partition coefficient (Wildman–Crippen LogP) is 2.06. The number of hydrogen-bond acceptors (Lipinski definition) is 4. The van der Waals surface area contributed by atoms with E-state index in [-0.39, 0.29) is 17.2 Å². The number of guanidine groups is 1. The molecule has 28 heavy (non-hydrogen) atoms. The first-order valence-electron chi connectivity index (χ1n) is 8.35. The summed E-state index contributed by atoms with van der Waals surface area (Å²) >= 11 is 0. The Balaban J connectivity index is 1.99. The summed E-state index contributed by atoms with van der Waals surface area (Å²) in [5.74, 6) is 0.513. The van der Waals surface area contributed by atoms with Crippen molar-refractivity contribution in [2.45, 2.75) is 24.6 Å². The summed E-state index contributed by atoms with van der Waals surface area (Å²) in [6, 6.07) is 13.0. The van der Waals surface area contributed by atoms with Crippen LogP contribution >= 0.6 is 0 Å². The van der Waals surface area contributed by atoms with E-state index in [1.54, 1.807) is 43.4 Å². The van der Waals surface area contributed by atoms with Crippen LogP contribution in [-0.2, 0) is 23.1 Å². The molecule has 0 radical (unpaired) electrons. The zero-order valence-electron chi connectivity index (χ0n) is 15.4. The quantitative estimate of drug-likeness (QED) is 0.456. The van der Waals surface area contributed by atoms with Gasteiger partial charge in [-0.25, -0.2) is 13.1 Å². The van der Waals surface area contributed by atoms with Gasteiger partial charge in [0.25, 0.3) is 0 Å². The Morgan fingerprint density at radius 3 is 2.50 bits per heavy atom. The lowest BCUT2D eigenvalue weighted by molar-refractivity contribution is -0.0504. The largest absolute Gasteiger partial charge is 0.434 e. The molecule has 7 nitrogen and oxygen atoms in total. The smallest absolute Gasteiger partial charge is 0.387 e. The Morgan fingerprint density at radius 1 is 1.11 bits per heavy atom. The second kappa shape index (κ2) is 10.00. The third-order valence-electron chi connectivity index (χ3n) is 3.80. The highest BCUT2D eigenvalue weighted by Crippen LogP contribution is 2.19. The molecule has 3 N–H and O–H groups in total. The number of rotatable bonds is 8. The van der Waals surface area contributed by atoms with E-state index >= 15 is 0 Å². The van der Waals surface area contributed by atoms with Crippen molar-refractivity contribution in [2.24, 2.45) is 4.99 Å². The first-order chi connectivity index (χ1) is 13.4. The van der Waals surface area contributed by atoms with Crippen LogP contribution in [0.5, 0.6) is 5.75 Å². The molecular weight excluding hydrogens is 390 g/mol. The normalized spacial score (nSPS) is 12.1. The Hall–Kier alpha value is -2.72. The molecule has 152 valence electrons. The van der Waals surface area contributed by atoms with Crippen molar-refractivity contribution in [3.8, 4) is 5.75 Å². The van der Waals surface area contributed by atoms with Crippen LogP contribution in [0, 0.1) is 0 Å². The monoisotopic (exact) mass is 412 g/mol. The Morgan fingerprint density at radius 2 is 1.82 bits per heavy atom. The summed E-state index contributed by atoms with van der Waals surface area (Å²) in [7, 11) is -0.608. The van der Waals surface area contributed by atoms with Crippen molar-refractivity contribution >= 4 is 16.0 Å². The molecule has 10 heteroatoms. The topological polar surface area (TPSA) is 91.8 Å². The molecule has 2 aromatic rings. The SMILES string of the molecule is CN=C(NCc1cccc(S(=O)(=O)NC)c1)NCc1ccccc1OC(F)F. The predicted molar refractivity (Wildman–Crippen MR) is 103 cm³/mol. The second-order valence-corrected chi connectivity index (χ2v) is 7.51. The summed E-state index contributed by atoms with van der Waals surface area (Å²) in [6.45, 7) is -2.36. The molecule has 0 spiro atoms. The van der Waals surface area contributed by atoms with Gasteiger partial charge >= 0.3 is 6.61 Å². The number of hydrogen-bond donors (Lipinski definition) is 3. The van der Waals surface area contributed by atoms with E-state index in [0.717, 1.165) is 5.56 Å². The van der Waals surface area contributed by atoms with Gasteiger partial charge in [-0.15, -0.1) is 0 Å². The van der Waals surface area contributed by atoms with Crippen molar-refractivity contribution in [3.63, 3.8) is 0 Å². The molecule has 0 amide bonds. The zero-order chi connectivity index (χ0) is 20.6. The summed E-state index contributed by atoms with van der Waals surface area (Å²) in [4.78, 5) is 4.23. The van der Waals surface area contributed by atoms with Crippen LogP contribution in [-0.4, -0.2) is 35.1 Å². The van der Waals surface area contributed by atoms with E-state index in [0.29, 0.717) is 18.1 Å². The molecule has 0 unspecified atom stereocenters. The molecule has 0 saturated carbocycles. The average molecular weight is 412 g/mol. The Labute approximate surface area is 162 Å². The fourth-order valence-electron chi connectivity index (χ4n) is 2.39. The van der Waals surface area contributed by atoms with Crippen LogP contribution in [0.15, 0.2) is 58.4 Å². The van der Waals surface area contributed by atoms with Crippen LogP contribution in [0.25, 0.3) is 0 Å². The van der Waals surface area contributed by atoms with Gasteiger partial charge in [-0.1, -0.05) is 30.3 Å². The van der Waals surface area contributed by atoms with E-state index in [1.165, 1.54) is 19.2 Å². The maximum Gasteiger partial charge on any atom is 0.387 e. The lowest BCUT2D eigenvalue weighted by Gasteiger charge is -2.15. The number of ether oxygens (including phenoxy) is 1. The highest BCUT2D eigenvalue weighted by molar-refractivity contribution is 7.89. The van der Waals surface area contributed by atoms with Gasteiger partial charge in [0.2, 0.25) is 10.0 Å². The zero-order valence-corrected chi connectivity index (χ0v) is 16.3. The molecule has 0 aliphatic carbocycles. The molecule has 0 fully saturated rings. The van der Waals surface area contributed by atoms with Crippen molar-refractivity contribution < 1.29 is 21.9 Å². The lowest BCUT2D eigenvalue weighted by Crippen LogP contribution is -2.36. The molecule has 0 aliphatic heterocycles. The van der Waals surface area contributed by atoms with Crippen molar-refractivity contribution in [1.82, 2.24) is 15.4 Å². The number of halogens is 2. The molecular formula is C18H22F2N4O3S. The van der Waals surface area contributed by atoms with Crippen LogP contribution in [0.3, 0.4) is 0 Å². The Kier molecular flexibility index (Phi) is 7.70. The second-order valence-electron chi connectivity index (χ2n) is 5.62. The van der Waals surface area contributed by atoms with E-state index in [4.69, 9.17) is 0 Å². The van der Waals surface area contributed by atoms with Crippen LogP contribution in [0.4, 0.5) is 8.78 Å². The fraction of sp³-hybridized carbons (Fsp3) is 0.278. The van der Waals surface area contributed by atoms with E-state index < -0.39 is 16.6 Å². The number of para-hydroxylation sites is 1. The van der Waals surface area contributed by atoms with Gasteiger partial charge in [0.15, 0.2) is 5.96 Å². The molecule has 0 aliphatic rings. The molecule has 2 rings (SSSR count). The number of nitrogens with one attached hydrogen (secondary N) is 3. The first kappa shape index (κ1) is 21.6. The van der Waals surface area contributed by atoms with Gasteiger partial charge in [-0.3, -0.25) is 4.99 Å². The third-order valence-corrected chi connectivity index (χ3v) is 5.21. The van der Waals surface area contributed by atoms with E-state index in [2.05, 4.69) is 25.1 Å². The van der Waals surface area contributed by atoms with Gasteiger partial charge in [0.1, 0.15) is 5.75 Å². The maximum absolute atomic E-state index is 12.5. The third kappa shape index (κ3) is 6.17. The minimum atomic E-state index is -3.52. The van der Waals surface area contributed by atoms with Crippen LogP contribution in [0.2, 0.25) is 0 Å². The van der Waals surface area contributed by atoms with Gasteiger partial charge < -0.3 is 15.4 Å². The molecule has 0 saturated heterocycles. The van der Waals surface area contributed by atoms with Crippen molar-refractivity contribution in [2.75, 3.05) is 14.1 Å². The van der Waals surface area contributed by atoms with Crippen LogP contribution in [0.1, 0.15) is 11.1 Å². The van der Waals surface area contributed by atoms with Crippen molar-refractivity contribution in [1.29, 1.82) is 0 Å². The summed E-state index contributed by atoms with van der Waals surface area (Å²) < 4.78 is 55.5. The highest BCUT2D eigenvalue weighted by atomic mass is 32.2. The minimum absolute atomic E-state index is 0.0884. The number of alkyl halides is 2. The molecule has 0 bridgehead atoms. The number of benzene rings is 2. The molecule has 0 aromatic heterocycles. The average Bonchev–Trinajstić information content (AvgIpc) is 2.69. The molecule has 0 atom stereocenters. The number of aliphatic imine (C=N–C) groups is 1. The Bertz CT molecular complexity index is 921. The first-order valence-corrected chi connectivity index (χ1v) is 9.83. The van der Waals surface area contributed by atoms with Gasteiger partial charge in [-0.05, 0) is 30.8 Å². The maximum atomic E-state index is 12.5. The van der Waals surface area contributed by atoms with Gasteiger partial charge in [-0.2, -0.15) is 8.78 Å². The number of sulfonamides is 1. The highest BCUT2D eigenvalue weighted by Gasteiger charge is 2.12. The minimum Gasteiger partial charge on any atom is -0.434 e. The standard InChI is InChI=1S/C18H22F2N4O3S/c1-21-18(24-12-14-7-3-4-9-16(14)27-17(19)20)23-11-13-6-5-8-15(10-13)28(25,26)22-2/h3-10,17,22H,11-12H2,1-2H3,(H2,21,23,24).